The van der Waals surface area contributed by atoms with Gasteiger partial charge in [0.1, 0.15) is 0 Å². The van der Waals surface area contributed by atoms with E-state index in [0.717, 1.165) is 16.7 Å². The maximum atomic E-state index is 13.3. The van der Waals surface area contributed by atoms with E-state index in [9.17, 15) is 19.5 Å². The predicted molar refractivity (Wildman–Crippen MR) is 197 cm³/mol. The molecule has 7 heteroatoms. The van der Waals surface area contributed by atoms with Crippen LogP contribution in [0.1, 0.15) is 94.9 Å². The molecule has 0 saturated heterocycles. The molecule has 0 aliphatic heterocycles. The monoisotopic (exact) mass is 654 g/mol. The van der Waals surface area contributed by atoms with Crippen LogP contribution in [0.5, 0.6) is 0 Å². The summed E-state index contributed by atoms with van der Waals surface area (Å²) in [6, 6.07) is 21.2. The Hall–Kier alpha value is -4.33. The Morgan fingerprint density at radius 2 is 1.10 bits per heavy atom. The summed E-state index contributed by atoms with van der Waals surface area (Å²) in [5.41, 5.74) is 4.63. The average molecular weight is 655 g/mol. The Morgan fingerprint density at radius 3 is 1.58 bits per heavy atom. The first kappa shape index (κ1) is 39.8. The number of carbonyl (C=O) groups is 3. The fourth-order valence-corrected chi connectivity index (χ4v) is 5.78. The molecule has 0 aliphatic carbocycles. The Morgan fingerprint density at radius 1 is 0.604 bits per heavy atom. The van der Waals surface area contributed by atoms with E-state index in [-0.39, 0.29) is 34.6 Å². The zero-order chi connectivity index (χ0) is 35.8. The third-order valence-electron chi connectivity index (χ3n) is 8.86. The van der Waals surface area contributed by atoms with Gasteiger partial charge in [-0.15, -0.1) is 0 Å². The molecule has 0 fully saturated rings. The molecule has 0 saturated carbocycles. The highest BCUT2D eigenvalue weighted by Gasteiger charge is 2.21. The van der Waals surface area contributed by atoms with E-state index < -0.39 is 5.97 Å². The number of hydrogen-bond acceptors (Lipinski definition) is 4. The van der Waals surface area contributed by atoms with Gasteiger partial charge in [0, 0.05) is 34.2 Å². The Balaban J connectivity index is 0.000000479. The van der Waals surface area contributed by atoms with Crippen molar-refractivity contribution >= 4 is 34.1 Å². The lowest BCUT2D eigenvalue weighted by atomic mass is 9.89. The number of carboxylic acids is 1. The predicted octanol–water partition coefficient (Wildman–Crippen LogP) is 4.67. The average Bonchev–Trinajstić information content (AvgIpc) is 3.06. The number of aryl methyl sites for hydroxylation is 3. The number of anilines is 1. The van der Waals surface area contributed by atoms with Crippen LogP contribution in [-0.2, 0) is 6.42 Å². The van der Waals surface area contributed by atoms with Gasteiger partial charge in [-0.25, -0.2) is 0 Å². The van der Waals surface area contributed by atoms with Crippen LogP contribution >= 0.6 is 0 Å². The van der Waals surface area contributed by atoms with Gasteiger partial charge in [0.25, 0.3) is 5.91 Å². The smallest absolute Gasteiger partial charge is 0.256 e. The van der Waals surface area contributed by atoms with Crippen LogP contribution in [0.2, 0.25) is 0 Å². The van der Waals surface area contributed by atoms with Crippen molar-refractivity contribution < 1.29 is 29.3 Å². The molecule has 0 heterocycles. The van der Waals surface area contributed by atoms with Crippen molar-refractivity contribution in [3.05, 3.63) is 112 Å². The van der Waals surface area contributed by atoms with Gasteiger partial charge in [-0.2, -0.15) is 0 Å². The van der Waals surface area contributed by atoms with Crippen molar-refractivity contribution in [1.82, 2.24) is 0 Å². The molecule has 4 aromatic carbocycles. The summed E-state index contributed by atoms with van der Waals surface area (Å²) in [6.45, 7) is 26.6. The summed E-state index contributed by atoms with van der Waals surface area (Å²) in [5.74, 6) is -2.01. The molecule has 4 rings (SSSR count). The number of aromatic carboxylic acids is 1. The largest absolute Gasteiger partial charge is 0.545 e. The van der Waals surface area contributed by atoms with Crippen molar-refractivity contribution in [1.29, 1.82) is 0 Å². The van der Waals surface area contributed by atoms with Gasteiger partial charge < -0.3 is 25.0 Å². The molecule has 0 unspecified atom stereocenters. The van der Waals surface area contributed by atoms with Gasteiger partial charge in [-0.05, 0) is 103 Å². The normalized spacial score (nSPS) is 10.6. The van der Waals surface area contributed by atoms with E-state index in [2.05, 4.69) is 46.9 Å². The third-order valence-corrected chi connectivity index (χ3v) is 8.86. The van der Waals surface area contributed by atoms with Crippen LogP contribution in [0.15, 0.2) is 72.8 Å². The molecule has 0 atom stereocenters. The fraction of sp³-hybridized carbons (Fsp3) is 0.390. The zero-order valence-electron chi connectivity index (χ0n) is 30.5. The molecular weight excluding hydrogens is 598 g/mol. The third kappa shape index (κ3) is 11.4. The molecule has 0 aliphatic rings. The lowest BCUT2D eigenvalue weighted by Crippen LogP contribution is -3.11. The Labute approximate surface area is 288 Å². The molecule has 0 bridgehead atoms. The first-order valence-electron chi connectivity index (χ1n) is 17.4. The molecule has 3 N–H and O–H groups in total. The molecular formula is C41H56N3O4+. The standard InChI is InChI=1S/C29H25NO4.2C6H15N/c1-17-6-4-8-20(14-17)16-25(31)22-11-10-19(3)26-23(12-13-24(27(22)26)29(33)34)28(32)30-21-9-5-7-18(2)15-21;2*1-4-7(5-2)6-3/h4-15H,16H2,1-3H3,(H,30,32)(H,33,34);2*4-6H2,1-3H3/p+1. The molecule has 7 nitrogen and oxygen atoms in total. The van der Waals surface area contributed by atoms with Gasteiger partial charge in [-0.1, -0.05) is 60.2 Å². The maximum absolute atomic E-state index is 13.3. The number of quaternary nitrogens is 2. The lowest BCUT2D eigenvalue weighted by Gasteiger charge is -2.17. The molecule has 48 heavy (non-hydrogen) atoms. The highest BCUT2D eigenvalue weighted by Crippen LogP contribution is 2.31. The molecule has 258 valence electrons. The van der Waals surface area contributed by atoms with Crippen molar-refractivity contribution in [3.63, 3.8) is 0 Å². The second-order valence-corrected chi connectivity index (χ2v) is 12.2. The lowest BCUT2D eigenvalue weighted by molar-refractivity contribution is -0.894. The van der Waals surface area contributed by atoms with E-state index in [4.69, 9.17) is 0 Å². The number of benzene rings is 4. The van der Waals surface area contributed by atoms with Crippen molar-refractivity contribution in [2.75, 3.05) is 44.6 Å². The SMILES string of the molecule is CC[NH+](CC)CC.CC[NH+](CC)CC.Cc1cccc(CC(=O)c2ccc(C)c3c(C(=O)Nc4cccc(C)c4)ccc(C(=O)[O-])c23)c1. The van der Waals surface area contributed by atoms with Crippen LogP contribution in [0, 0.1) is 20.8 Å². The number of Topliss-reactive ketones (excluding diaryl/α,β-unsaturated/α-hetero) is 1. The zero-order valence-corrected chi connectivity index (χ0v) is 30.5. The van der Waals surface area contributed by atoms with E-state index in [1.165, 1.54) is 51.4 Å². The number of carbonyl (C=O) groups excluding carboxylic acids is 3. The highest BCUT2D eigenvalue weighted by molar-refractivity contribution is 6.22. The number of amides is 1. The number of nitrogens with one attached hydrogen (secondary N) is 3. The summed E-state index contributed by atoms with van der Waals surface area (Å²) in [7, 11) is 0. The second-order valence-electron chi connectivity index (χ2n) is 12.2. The number of carboxylic acid groups (broad SMARTS) is 1. The number of fused-ring (bicyclic) bond motifs is 1. The van der Waals surface area contributed by atoms with Gasteiger partial charge in [0.15, 0.2) is 5.78 Å². The van der Waals surface area contributed by atoms with Crippen LogP contribution in [0.4, 0.5) is 5.69 Å². The summed E-state index contributed by atoms with van der Waals surface area (Å²) < 4.78 is 0. The number of rotatable bonds is 12. The first-order valence-corrected chi connectivity index (χ1v) is 17.4. The minimum absolute atomic E-state index is 0.113. The molecule has 0 radical (unpaired) electrons. The van der Waals surface area contributed by atoms with E-state index in [1.54, 1.807) is 34.9 Å². The summed E-state index contributed by atoms with van der Waals surface area (Å²) in [6.07, 6.45) is 0.117. The minimum atomic E-state index is -1.40. The van der Waals surface area contributed by atoms with E-state index in [1.807, 2.05) is 56.3 Å². The van der Waals surface area contributed by atoms with Crippen molar-refractivity contribution in [2.45, 2.75) is 68.7 Å². The van der Waals surface area contributed by atoms with Crippen LogP contribution in [0.25, 0.3) is 10.8 Å². The van der Waals surface area contributed by atoms with Crippen LogP contribution in [-0.4, -0.2) is 56.9 Å². The summed E-state index contributed by atoms with van der Waals surface area (Å²) in [5, 5.41) is 15.5. The first-order chi connectivity index (χ1) is 22.9. The fourth-order valence-electron chi connectivity index (χ4n) is 5.78. The second kappa shape index (κ2) is 20.1. The molecule has 0 aromatic heterocycles. The van der Waals surface area contributed by atoms with Crippen LogP contribution in [0.3, 0.4) is 0 Å². The minimum Gasteiger partial charge on any atom is -0.545 e. The molecule has 4 aromatic rings. The van der Waals surface area contributed by atoms with Crippen molar-refractivity contribution in [2.24, 2.45) is 0 Å². The van der Waals surface area contributed by atoms with Crippen molar-refractivity contribution in [3.8, 4) is 0 Å². The maximum Gasteiger partial charge on any atom is 0.256 e. The van der Waals surface area contributed by atoms with Gasteiger partial charge in [0.2, 0.25) is 0 Å². The van der Waals surface area contributed by atoms with Crippen LogP contribution < -0.4 is 20.2 Å². The van der Waals surface area contributed by atoms with Gasteiger partial charge in [0.05, 0.1) is 45.2 Å². The number of hydrogen-bond donors (Lipinski definition) is 3. The van der Waals surface area contributed by atoms with E-state index >= 15 is 0 Å². The Bertz CT molecular complexity index is 1630. The summed E-state index contributed by atoms with van der Waals surface area (Å²) >= 11 is 0. The van der Waals surface area contributed by atoms with Gasteiger partial charge >= 0.3 is 0 Å². The molecule has 1 amide bonds. The topological polar surface area (TPSA) is 95.2 Å². The van der Waals surface area contributed by atoms with Gasteiger partial charge in [-0.3, -0.25) is 9.59 Å². The summed E-state index contributed by atoms with van der Waals surface area (Å²) in [4.78, 5) is 41.9. The molecule has 0 spiro atoms. The highest BCUT2D eigenvalue weighted by atomic mass is 16.4. The Kier molecular flexibility index (Phi) is 16.7. The van der Waals surface area contributed by atoms with E-state index in [0.29, 0.717) is 22.2 Å². The number of ketones is 1. The quantitative estimate of drug-likeness (QED) is 0.194.